The van der Waals surface area contributed by atoms with Gasteiger partial charge in [0, 0.05) is 5.75 Å². The molecule has 0 bridgehead atoms. The first-order valence-corrected chi connectivity index (χ1v) is 18.5. The molecule has 0 N–H and O–H groups in total. The van der Waals surface area contributed by atoms with Crippen molar-refractivity contribution >= 4 is 24.5 Å². The Balaban J connectivity index is 0. The number of hydrogen-bond donors (Lipinski definition) is 0. The molecule has 0 amide bonds. The van der Waals surface area contributed by atoms with E-state index < -0.39 is 8.32 Å². The average Bonchev–Trinajstić information content (AvgIpc) is 3.22. The third-order valence-corrected chi connectivity index (χ3v) is 4.14. The van der Waals surface area contributed by atoms with E-state index in [9.17, 15) is 0 Å². The van der Waals surface area contributed by atoms with Gasteiger partial charge in [-0.05, 0) is 19.6 Å². The Bertz CT molecular complexity index is 719. The molecule has 28 heavy (non-hydrogen) atoms. The van der Waals surface area contributed by atoms with Crippen LogP contribution in [0.2, 0.25) is 32.7 Å². The first-order valence-electron chi connectivity index (χ1n) is 8.88. The molecule has 0 aliphatic rings. The van der Waals surface area contributed by atoms with Gasteiger partial charge < -0.3 is 34.0 Å². The molecule has 0 aliphatic heterocycles. The summed E-state index contributed by atoms with van der Waals surface area (Å²) in [6.07, 6.45) is 0. The summed E-state index contributed by atoms with van der Waals surface area (Å²) in [6.45, 7) is 12.5. The second kappa shape index (κ2) is 16.6. The molecule has 0 saturated carbocycles. The number of fused-ring (bicyclic) bond motifs is 1. The number of benzene rings is 1. The molecule has 0 spiro atoms. The maximum atomic E-state index is 5.64. The van der Waals surface area contributed by atoms with Gasteiger partial charge in [0.15, 0.2) is 8.32 Å². The minimum Gasteiger partial charge on any atom is -1.00 e. The molecule has 0 fully saturated rings. The summed E-state index contributed by atoms with van der Waals surface area (Å²) in [5.41, 5.74) is 0.210. The first kappa shape index (κ1) is 30.0. The molecular weight excluding hydrogens is 503 g/mol. The van der Waals surface area contributed by atoms with Crippen LogP contribution in [0.1, 0.15) is 0 Å². The van der Waals surface area contributed by atoms with Crippen LogP contribution in [0.3, 0.4) is 0 Å². The van der Waals surface area contributed by atoms with Crippen molar-refractivity contribution in [1.82, 2.24) is 0 Å². The number of hydrogen-bond acceptors (Lipinski definition) is 2. The zero-order valence-corrected chi connectivity index (χ0v) is 23.3. The number of halogens is 2. The summed E-state index contributed by atoms with van der Waals surface area (Å²) in [5.74, 6) is 0.930. The molecule has 3 aromatic carbocycles. The normalized spacial score (nSPS) is 9.68. The van der Waals surface area contributed by atoms with E-state index in [1.807, 2.05) is 24.3 Å². The van der Waals surface area contributed by atoms with E-state index in [1.165, 1.54) is 10.8 Å². The minimum absolute atomic E-state index is 0. The molecule has 0 radical (unpaired) electrons. The fourth-order valence-electron chi connectivity index (χ4n) is 2.03. The van der Waals surface area contributed by atoms with Gasteiger partial charge in [0.2, 0.25) is 0 Å². The van der Waals surface area contributed by atoms with Gasteiger partial charge in [0.1, 0.15) is 0 Å². The number of rotatable bonds is 5. The predicted octanol–water partition coefficient (Wildman–Crippen LogP) is -0.0132. The molecule has 2 nitrogen and oxygen atoms in total. The van der Waals surface area contributed by atoms with Crippen molar-refractivity contribution in [3.63, 3.8) is 0 Å². The van der Waals surface area contributed by atoms with Gasteiger partial charge in [-0.15, -0.1) is 41.8 Å². The first-order chi connectivity index (χ1) is 12.3. The van der Waals surface area contributed by atoms with Crippen LogP contribution in [-0.2, 0) is 27.8 Å². The Kier molecular flexibility index (Phi) is 17.8. The molecule has 3 rings (SSSR count). The fraction of sp³-hybridized carbons (Fsp3) is 0.333. The molecule has 0 saturated heterocycles. The maximum absolute atomic E-state index is 5.64. The van der Waals surface area contributed by atoms with E-state index in [4.69, 9.17) is 9.16 Å². The standard InChI is InChI=1S/C10H17O2Si.C9H7.C2H6Si.2ClH.Zr/c1-13(2,3)12-9-8-11-10-6-4-5-7-10;1-2-5-9-7-3-6-8(9)4-1;1-3-2;;;/h4-7H,8-9H2,1-3H3;1-7H;1-2H3;2*1H;/q2*-1;;;;+2/p-2. The van der Waals surface area contributed by atoms with Crippen LogP contribution in [0.4, 0.5) is 0 Å². The van der Waals surface area contributed by atoms with Crippen molar-refractivity contribution in [2.45, 2.75) is 32.7 Å². The molecule has 7 heteroatoms. The smallest absolute Gasteiger partial charge is 0.0809 e. The van der Waals surface area contributed by atoms with Crippen molar-refractivity contribution in [2.75, 3.05) is 13.2 Å². The van der Waals surface area contributed by atoms with Gasteiger partial charge in [-0.25, -0.2) is 12.1 Å². The zero-order valence-electron chi connectivity index (χ0n) is 17.3. The largest absolute Gasteiger partial charge is 1.00 e. The number of ether oxygens (including phenoxy) is 1. The molecule has 0 aromatic heterocycles. The molecule has 0 unspecified atom stereocenters. The SMILES string of the molecule is C[Si](C)(C)OCCO[c-]1cccc1.C[Si](C)=[Zr+2].[Cl-].[Cl-].c1ccc2[cH-]ccc2c1. The Morgan fingerprint density at radius 1 is 0.964 bits per heavy atom. The van der Waals surface area contributed by atoms with Crippen LogP contribution in [0.25, 0.3) is 10.8 Å². The van der Waals surface area contributed by atoms with Crippen LogP contribution in [0.5, 0.6) is 5.75 Å². The van der Waals surface area contributed by atoms with Gasteiger partial charge >= 0.3 is 41.9 Å². The monoisotopic (exact) mass is 530 g/mol. The van der Waals surface area contributed by atoms with Crippen LogP contribution < -0.4 is 29.6 Å². The predicted molar refractivity (Wildman–Crippen MR) is 114 cm³/mol. The van der Waals surface area contributed by atoms with Crippen LogP contribution >= 0.6 is 0 Å². The van der Waals surface area contributed by atoms with E-state index in [0.29, 0.717) is 13.2 Å². The Morgan fingerprint density at radius 2 is 1.54 bits per heavy atom. The van der Waals surface area contributed by atoms with E-state index in [-0.39, 0.29) is 30.2 Å². The van der Waals surface area contributed by atoms with Gasteiger partial charge in [-0.1, -0.05) is 6.07 Å². The summed E-state index contributed by atoms with van der Waals surface area (Å²) in [7, 11) is -1.36. The van der Waals surface area contributed by atoms with Crippen molar-refractivity contribution in [2.24, 2.45) is 0 Å². The molecular formula is C21H30Cl2O2Si2Zr-2. The Morgan fingerprint density at radius 3 is 2.07 bits per heavy atom. The molecule has 0 heterocycles. The summed E-state index contributed by atoms with van der Waals surface area (Å²) in [4.78, 5) is 0. The minimum atomic E-state index is -1.36. The van der Waals surface area contributed by atoms with Gasteiger partial charge in [-0.3, -0.25) is 0 Å². The third kappa shape index (κ3) is 15.7. The average molecular weight is 533 g/mol. The van der Waals surface area contributed by atoms with Gasteiger partial charge in [0.25, 0.3) is 0 Å². The summed E-state index contributed by atoms with van der Waals surface area (Å²) >= 11 is 1.74. The fourth-order valence-corrected chi connectivity index (χ4v) is 2.73. The van der Waals surface area contributed by atoms with E-state index in [0.717, 1.165) is 5.75 Å². The van der Waals surface area contributed by atoms with E-state index in [2.05, 4.69) is 75.2 Å². The Labute approximate surface area is 199 Å². The third-order valence-electron chi connectivity index (χ3n) is 3.07. The maximum Gasteiger partial charge on any atom is -0.0809 e. The zero-order chi connectivity index (χ0) is 19.4. The van der Waals surface area contributed by atoms with Crippen LogP contribution in [-0.4, -0.2) is 27.0 Å². The summed E-state index contributed by atoms with van der Waals surface area (Å²) in [6, 6.07) is 22.5. The molecule has 0 aliphatic carbocycles. The van der Waals surface area contributed by atoms with Crippen molar-refractivity contribution < 1.29 is 57.3 Å². The van der Waals surface area contributed by atoms with Gasteiger partial charge in [-0.2, -0.15) is 17.5 Å². The second-order valence-corrected chi connectivity index (χ2v) is 21.0. The molecule has 154 valence electrons. The second-order valence-electron chi connectivity index (χ2n) is 7.08. The van der Waals surface area contributed by atoms with Crippen molar-refractivity contribution in [3.05, 3.63) is 66.7 Å². The topological polar surface area (TPSA) is 18.5 Å². The Hall–Kier alpha value is -0.163. The van der Waals surface area contributed by atoms with Crippen molar-refractivity contribution in [1.29, 1.82) is 0 Å². The van der Waals surface area contributed by atoms with Crippen LogP contribution in [0, 0.1) is 0 Å². The molecule has 0 atom stereocenters. The summed E-state index contributed by atoms with van der Waals surface area (Å²) in [5, 5.41) is 2.66. The van der Waals surface area contributed by atoms with Gasteiger partial charge in [0.05, 0.1) is 13.2 Å². The summed E-state index contributed by atoms with van der Waals surface area (Å²) < 4.78 is 11.1. The van der Waals surface area contributed by atoms with E-state index in [1.54, 1.807) is 23.3 Å². The quantitative estimate of drug-likeness (QED) is 0.262. The van der Waals surface area contributed by atoms with Crippen LogP contribution in [0.15, 0.2) is 66.7 Å². The molecule has 3 aromatic rings. The van der Waals surface area contributed by atoms with E-state index >= 15 is 0 Å². The van der Waals surface area contributed by atoms with Crippen molar-refractivity contribution in [3.8, 4) is 5.75 Å².